The van der Waals surface area contributed by atoms with Crippen molar-refractivity contribution in [1.29, 1.82) is 0 Å². The molecule has 0 unspecified atom stereocenters. The fourth-order valence-corrected chi connectivity index (χ4v) is 3.60. The predicted molar refractivity (Wildman–Crippen MR) is 96.7 cm³/mol. The Labute approximate surface area is 144 Å². The van der Waals surface area contributed by atoms with Crippen molar-refractivity contribution >= 4 is 5.57 Å². The lowest BCUT2D eigenvalue weighted by atomic mass is 9.92. The molecule has 2 aliphatic rings. The van der Waals surface area contributed by atoms with Crippen LogP contribution in [0.4, 0.5) is 0 Å². The monoisotopic (exact) mass is 320 g/mol. The van der Waals surface area contributed by atoms with Gasteiger partial charge in [-0.3, -0.25) is 9.88 Å². The Bertz CT molecular complexity index is 724. The van der Waals surface area contributed by atoms with Gasteiger partial charge in [0.25, 0.3) is 0 Å². The molecule has 1 aliphatic heterocycles. The first-order chi connectivity index (χ1) is 11.9. The first-order valence-electron chi connectivity index (χ1n) is 8.96. The molecule has 0 N–H and O–H groups in total. The molecule has 124 valence electrons. The molecule has 3 heteroatoms. The quantitative estimate of drug-likeness (QED) is 0.836. The van der Waals surface area contributed by atoms with Crippen LogP contribution in [0.15, 0.2) is 48.7 Å². The third-order valence-electron chi connectivity index (χ3n) is 4.89. The van der Waals surface area contributed by atoms with Crippen LogP contribution in [0.3, 0.4) is 0 Å². The number of hydrogen-bond donors (Lipinski definition) is 0. The lowest BCUT2D eigenvalue weighted by Gasteiger charge is -2.19. The Morgan fingerprint density at radius 1 is 1.12 bits per heavy atom. The summed E-state index contributed by atoms with van der Waals surface area (Å²) in [5.74, 6) is 1.04. The fourth-order valence-electron chi connectivity index (χ4n) is 3.60. The summed E-state index contributed by atoms with van der Waals surface area (Å²) in [4.78, 5) is 6.88. The van der Waals surface area contributed by atoms with Crippen LogP contribution in [0.5, 0.6) is 5.75 Å². The average molecular weight is 320 g/mol. The fraction of sp³-hybridized carbons (Fsp3) is 0.381. The van der Waals surface area contributed by atoms with Gasteiger partial charge in [-0.25, -0.2) is 0 Å². The molecule has 1 aliphatic carbocycles. The molecule has 2 heterocycles. The van der Waals surface area contributed by atoms with Crippen molar-refractivity contribution in [3.63, 3.8) is 0 Å². The second-order valence-corrected chi connectivity index (χ2v) is 6.68. The van der Waals surface area contributed by atoms with Crippen molar-refractivity contribution in [2.45, 2.75) is 38.8 Å². The highest BCUT2D eigenvalue weighted by Gasteiger charge is 2.17. The zero-order valence-electron chi connectivity index (χ0n) is 14.1. The van der Waals surface area contributed by atoms with Gasteiger partial charge in [-0.1, -0.05) is 18.2 Å². The number of benzene rings is 1. The van der Waals surface area contributed by atoms with Gasteiger partial charge in [0, 0.05) is 31.4 Å². The Balaban J connectivity index is 1.55. The maximum Gasteiger partial charge on any atom is 0.123 e. The van der Waals surface area contributed by atoms with Crippen LogP contribution >= 0.6 is 0 Å². The molecule has 0 amide bonds. The Morgan fingerprint density at radius 3 is 2.96 bits per heavy atom. The minimum absolute atomic E-state index is 0.738. The summed E-state index contributed by atoms with van der Waals surface area (Å²) in [6.07, 6.45) is 9.34. The Morgan fingerprint density at radius 2 is 2.12 bits per heavy atom. The zero-order valence-corrected chi connectivity index (χ0v) is 14.1. The zero-order chi connectivity index (χ0) is 16.2. The van der Waals surface area contributed by atoms with Crippen LogP contribution in [-0.2, 0) is 13.1 Å². The molecule has 0 radical (unpaired) electrons. The number of rotatable bonds is 3. The minimum Gasteiger partial charge on any atom is -0.492 e. The van der Waals surface area contributed by atoms with E-state index in [1.807, 2.05) is 12.3 Å². The van der Waals surface area contributed by atoms with Gasteiger partial charge in [-0.15, -0.1) is 0 Å². The van der Waals surface area contributed by atoms with Crippen LogP contribution in [0.2, 0.25) is 0 Å². The van der Waals surface area contributed by atoms with E-state index in [2.05, 4.69) is 46.3 Å². The molecular formula is C21H24N2O. The molecule has 0 fully saturated rings. The van der Waals surface area contributed by atoms with E-state index in [9.17, 15) is 0 Å². The number of fused-ring (bicyclic) bond motifs is 1. The van der Waals surface area contributed by atoms with Crippen LogP contribution in [-0.4, -0.2) is 23.0 Å². The van der Waals surface area contributed by atoms with Crippen molar-refractivity contribution < 1.29 is 4.74 Å². The highest BCUT2D eigenvalue weighted by atomic mass is 16.5. The lowest BCUT2D eigenvalue weighted by molar-refractivity contribution is 0.218. The summed E-state index contributed by atoms with van der Waals surface area (Å²) < 4.78 is 5.98. The normalized spacial score (nSPS) is 18.2. The topological polar surface area (TPSA) is 25.4 Å². The molecule has 3 nitrogen and oxygen atoms in total. The second-order valence-electron chi connectivity index (χ2n) is 6.68. The Kier molecular flexibility index (Phi) is 4.61. The number of allylic oxidation sites excluding steroid dienone is 2. The molecule has 0 spiro atoms. The molecule has 0 atom stereocenters. The van der Waals surface area contributed by atoms with Gasteiger partial charge in [-0.05, 0) is 61.1 Å². The summed E-state index contributed by atoms with van der Waals surface area (Å²) in [6, 6.07) is 12.8. The van der Waals surface area contributed by atoms with Gasteiger partial charge in [0.05, 0.1) is 5.69 Å². The van der Waals surface area contributed by atoms with Crippen LogP contribution in [0.1, 0.15) is 42.5 Å². The maximum absolute atomic E-state index is 5.98. The van der Waals surface area contributed by atoms with Crippen molar-refractivity contribution in [3.05, 3.63) is 65.5 Å². The largest absolute Gasteiger partial charge is 0.492 e. The van der Waals surface area contributed by atoms with Crippen molar-refractivity contribution in [1.82, 2.24) is 9.88 Å². The maximum atomic E-state index is 5.98. The highest BCUT2D eigenvalue weighted by Crippen LogP contribution is 2.31. The molecule has 1 aromatic heterocycles. The summed E-state index contributed by atoms with van der Waals surface area (Å²) in [5.41, 5.74) is 5.29. The lowest BCUT2D eigenvalue weighted by Crippen LogP contribution is -2.25. The first-order valence-corrected chi connectivity index (χ1v) is 8.96. The summed E-state index contributed by atoms with van der Waals surface area (Å²) in [5, 5.41) is 0. The predicted octanol–water partition coefficient (Wildman–Crippen LogP) is 4.43. The molecule has 0 saturated heterocycles. The molecule has 0 saturated carbocycles. The van der Waals surface area contributed by atoms with Crippen LogP contribution < -0.4 is 4.74 Å². The minimum atomic E-state index is 0.738. The van der Waals surface area contributed by atoms with E-state index < -0.39 is 0 Å². The first kappa shape index (κ1) is 15.4. The van der Waals surface area contributed by atoms with E-state index in [-0.39, 0.29) is 0 Å². The van der Waals surface area contributed by atoms with Crippen molar-refractivity contribution in [2.75, 3.05) is 13.2 Å². The van der Waals surface area contributed by atoms with Crippen LogP contribution in [0, 0.1) is 0 Å². The molecule has 1 aromatic carbocycles. The van der Waals surface area contributed by atoms with E-state index in [1.165, 1.54) is 42.4 Å². The molecule has 24 heavy (non-hydrogen) atoms. The SMILES string of the molecule is C1=C(c2ccc3c(c2)CN(Cc2ccccn2)CCO3)CCCC1. The summed E-state index contributed by atoms with van der Waals surface area (Å²) >= 11 is 0. The number of nitrogens with zero attached hydrogens (tertiary/aromatic N) is 2. The number of aromatic nitrogens is 1. The third-order valence-corrected chi connectivity index (χ3v) is 4.89. The van der Waals surface area contributed by atoms with Gasteiger partial charge in [-0.2, -0.15) is 0 Å². The average Bonchev–Trinajstić information content (AvgIpc) is 2.84. The van der Waals surface area contributed by atoms with Gasteiger partial charge < -0.3 is 4.74 Å². The van der Waals surface area contributed by atoms with Crippen molar-refractivity contribution in [3.8, 4) is 5.75 Å². The van der Waals surface area contributed by atoms with E-state index in [0.29, 0.717) is 0 Å². The van der Waals surface area contributed by atoms with Gasteiger partial charge in [0.2, 0.25) is 0 Å². The van der Waals surface area contributed by atoms with Gasteiger partial charge >= 0.3 is 0 Å². The number of hydrogen-bond acceptors (Lipinski definition) is 3. The molecular weight excluding hydrogens is 296 g/mol. The second kappa shape index (κ2) is 7.18. The van der Waals surface area contributed by atoms with Crippen molar-refractivity contribution in [2.24, 2.45) is 0 Å². The third kappa shape index (κ3) is 3.51. The molecule has 4 rings (SSSR count). The molecule has 2 aromatic rings. The Hall–Kier alpha value is -2.13. The smallest absolute Gasteiger partial charge is 0.123 e. The van der Waals surface area contributed by atoms with Crippen LogP contribution in [0.25, 0.3) is 5.57 Å². The van der Waals surface area contributed by atoms with E-state index in [0.717, 1.165) is 37.7 Å². The standard InChI is InChI=1S/C21H24N2O/c1-2-6-17(7-3-1)18-9-10-21-19(14-18)15-23(12-13-24-21)16-20-8-4-5-11-22-20/h4-6,8-11,14H,1-3,7,12-13,15-16H2. The van der Waals surface area contributed by atoms with Gasteiger partial charge in [0.1, 0.15) is 12.4 Å². The highest BCUT2D eigenvalue weighted by molar-refractivity contribution is 5.67. The number of ether oxygens (including phenoxy) is 1. The van der Waals surface area contributed by atoms with E-state index >= 15 is 0 Å². The van der Waals surface area contributed by atoms with E-state index in [1.54, 1.807) is 0 Å². The van der Waals surface area contributed by atoms with E-state index in [4.69, 9.17) is 4.74 Å². The summed E-state index contributed by atoms with van der Waals surface area (Å²) in [6.45, 7) is 3.47. The number of pyridine rings is 1. The molecule has 0 bridgehead atoms. The summed E-state index contributed by atoms with van der Waals surface area (Å²) in [7, 11) is 0. The van der Waals surface area contributed by atoms with Gasteiger partial charge in [0.15, 0.2) is 0 Å².